The minimum Gasteiger partial charge on any atom is -0.423 e. The van der Waals surface area contributed by atoms with Gasteiger partial charge in [0.15, 0.2) is 0 Å². The zero-order valence-electron chi connectivity index (χ0n) is 15.5. The molecule has 4 rings (SSSR count). The van der Waals surface area contributed by atoms with Gasteiger partial charge in [0.05, 0.1) is 4.88 Å². The van der Waals surface area contributed by atoms with Crippen LogP contribution in [0, 0.1) is 13.8 Å². The van der Waals surface area contributed by atoms with Crippen LogP contribution in [0.4, 0.5) is 0 Å². The Bertz CT molecular complexity index is 1030. The molecule has 0 N–H and O–H groups in total. The smallest absolute Gasteiger partial charge is 0.336 e. The van der Waals surface area contributed by atoms with Crippen LogP contribution in [0.5, 0.6) is 0 Å². The summed E-state index contributed by atoms with van der Waals surface area (Å²) in [5.74, 6) is 0.113. The molecule has 0 unspecified atom stereocenters. The highest BCUT2D eigenvalue weighted by Gasteiger charge is 2.23. The molecule has 0 saturated carbocycles. The summed E-state index contributed by atoms with van der Waals surface area (Å²) in [6.45, 7) is 7.77. The SMILES string of the molecule is Cc1cc2oc(=O)cc(CN3CCN(C(=O)c4cccs4)CC3)c2cc1C. The van der Waals surface area contributed by atoms with E-state index in [9.17, 15) is 9.59 Å². The molecule has 27 heavy (non-hydrogen) atoms. The van der Waals surface area contributed by atoms with Crippen molar-refractivity contribution in [3.63, 3.8) is 0 Å². The first-order valence-corrected chi connectivity index (χ1v) is 9.98. The van der Waals surface area contributed by atoms with Gasteiger partial charge in [0.1, 0.15) is 5.58 Å². The van der Waals surface area contributed by atoms with Gasteiger partial charge in [-0.2, -0.15) is 0 Å². The molecule has 1 aliphatic heterocycles. The van der Waals surface area contributed by atoms with Crippen LogP contribution in [0.15, 0.2) is 44.9 Å². The zero-order valence-corrected chi connectivity index (χ0v) is 16.3. The molecular weight excluding hydrogens is 360 g/mol. The molecule has 0 bridgehead atoms. The van der Waals surface area contributed by atoms with Gasteiger partial charge in [-0.3, -0.25) is 9.69 Å². The first kappa shape index (κ1) is 17.9. The molecule has 1 fully saturated rings. The van der Waals surface area contributed by atoms with Crippen molar-refractivity contribution in [2.75, 3.05) is 26.2 Å². The molecule has 5 nitrogen and oxygen atoms in total. The lowest BCUT2D eigenvalue weighted by Crippen LogP contribution is -2.48. The van der Waals surface area contributed by atoms with Gasteiger partial charge in [-0.25, -0.2) is 4.79 Å². The Morgan fingerprint density at radius 1 is 1.11 bits per heavy atom. The van der Waals surface area contributed by atoms with Crippen LogP contribution in [-0.4, -0.2) is 41.9 Å². The van der Waals surface area contributed by atoms with Gasteiger partial charge in [-0.15, -0.1) is 11.3 Å². The first-order chi connectivity index (χ1) is 13.0. The van der Waals surface area contributed by atoms with E-state index in [-0.39, 0.29) is 11.5 Å². The number of carbonyl (C=O) groups excluding carboxylic acids is 1. The summed E-state index contributed by atoms with van der Waals surface area (Å²) in [4.78, 5) is 29.5. The highest BCUT2D eigenvalue weighted by Crippen LogP contribution is 2.23. The van der Waals surface area contributed by atoms with E-state index < -0.39 is 0 Å². The van der Waals surface area contributed by atoms with Gasteiger partial charge in [-0.05, 0) is 54.1 Å². The molecule has 1 saturated heterocycles. The number of amides is 1. The second kappa shape index (κ2) is 7.29. The Morgan fingerprint density at radius 3 is 2.56 bits per heavy atom. The number of fused-ring (bicyclic) bond motifs is 1. The first-order valence-electron chi connectivity index (χ1n) is 9.10. The van der Waals surface area contributed by atoms with Crippen molar-refractivity contribution in [2.45, 2.75) is 20.4 Å². The van der Waals surface area contributed by atoms with E-state index >= 15 is 0 Å². The number of hydrogen-bond acceptors (Lipinski definition) is 5. The molecule has 6 heteroatoms. The maximum atomic E-state index is 12.5. The molecular formula is C21H22N2O3S. The third-order valence-electron chi connectivity index (χ3n) is 5.23. The third-order valence-corrected chi connectivity index (χ3v) is 6.09. The predicted molar refractivity (Wildman–Crippen MR) is 107 cm³/mol. The molecule has 1 aromatic carbocycles. The number of aryl methyl sites for hydroxylation is 2. The van der Waals surface area contributed by atoms with Crippen LogP contribution in [0.3, 0.4) is 0 Å². The van der Waals surface area contributed by atoms with Crippen molar-refractivity contribution in [1.82, 2.24) is 9.80 Å². The lowest BCUT2D eigenvalue weighted by atomic mass is 10.0. The van der Waals surface area contributed by atoms with E-state index in [1.807, 2.05) is 35.4 Å². The summed E-state index contributed by atoms with van der Waals surface area (Å²) in [6.07, 6.45) is 0. The summed E-state index contributed by atoms with van der Waals surface area (Å²) in [7, 11) is 0. The van der Waals surface area contributed by atoms with Crippen LogP contribution in [0.1, 0.15) is 26.4 Å². The van der Waals surface area contributed by atoms with Crippen molar-refractivity contribution in [1.29, 1.82) is 0 Å². The topological polar surface area (TPSA) is 53.8 Å². The average Bonchev–Trinajstić information content (AvgIpc) is 3.18. The van der Waals surface area contributed by atoms with Crippen LogP contribution < -0.4 is 5.63 Å². The largest absolute Gasteiger partial charge is 0.423 e. The highest BCUT2D eigenvalue weighted by atomic mass is 32.1. The van der Waals surface area contributed by atoms with Crippen molar-refractivity contribution < 1.29 is 9.21 Å². The second-order valence-corrected chi connectivity index (χ2v) is 8.02. The number of thiophene rings is 1. The van der Waals surface area contributed by atoms with E-state index in [4.69, 9.17) is 4.42 Å². The Labute approximate surface area is 161 Å². The number of carbonyl (C=O) groups is 1. The molecule has 1 amide bonds. The normalized spacial score (nSPS) is 15.4. The van der Waals surface area contributed by atoms with E-state index in [0.717, 1.165) is 34.5 Å². The van der Waals surface area contributed by atoms with E-state index in [0.29, 0.717) is 25.2 Å². The average molecular weight is 382 g/mol. The Morgan fingerprint density at radius 2 is 1.85 bits per heavy atom. The van der Waals surface area contributed by atoms with Gasteiger partial charge in [-0.1, -0.05) is 6.07 Å². The third kappa shape index (κ3) is 3.68. The molecule has 3 heterocycles. The quantitative estimate of drug-likeness (QED) is 0.651. The second-order valence-electron chi connectivity index (χ2n) is 7.07. The Kier molecular flexibility index (Phi) is 4.85. The molecule has 1 aliphatic rings. The fourth-order valence-electron chi connectivity index (χ4n) is 3.52. The number of rotatable bonds is 3. The maximum Gasteiger partial charge on any atom is 0.336 e. The van der Waals surface area contributed by atoms with E-state index in [1.165, 1.54) is 16.9 Å². The molecule has 140 valence electrons. The molecule has 2 aromatic heterocycles. The highest BCUT2D eigenvalue weighted by molar-refractivity contribution is 7.12. The van der Waals surface area contributed by atoms with E-state index in [2.05, 4.69) is 17.9 Å². The van der Waals surface area contributed by atoms with Crippen LogP contribution in [0.25, 0.3) is 11.0 Å². The van der Waals surface area contributed by atoms with Gasteiger partial charge >= 0.3 is 5.63 Å². The minimum absolute atomic E-state index is 0.113. The standard InChI is InChI=1S/C21H22N2O3S/c1-14-10-17-16(12-20(24)26-18(17)11-15(14)2)13-22-5-7-23(8-6-22)21(25)19-4-3-9-27-19/h3-4,9-12H,5-8,13H2,1-2H3. The summed E-state index contributed by atoms with van der Waals surface area (Å²) in [5, 5.41) is 2.93. The number of piperazine rings is 1. The van der Waals surface area contributed by atoms with E-state index in [1.54, 1.807) is 6.07 Å². The monoisotopic (exact) mass is 382 g/mol. The minimum atomic E-state index is -0.313. The molecule has 0 aliphatic carbocycles. The summed E-state index contributed by atoms with van der Waals surface area (Å²) >= 11 is 1.48. The number of benzene rings is 1. The fraction of sp³-hybridized carbons (Fsp3) is 0.333. The number of nitrogens with zero attached hydrogens (tertiary/aromatic N) is 2. The number of hydrogen-bond donors (Lipinski definition) is 0. The lowest BCUT2D eigenvalue weighted by molar-refractivity contribution is 0.0633. The van der Waals surface area contributed by atoms with Crippen LogP contribution in [-0.2, 0) is 6.54 Å². The van der Waals surface area contributed by atoms with Gasteiger partial charge in [0.2, 0.25) is 0 Å². The van der Waals surface area contributed by atoms with Crippen molar-refractivity contribution in [3.05, 3.63) is 67.7 Å². The van der Waals surface area contributed by atoms with Gasteiger partial charge in [0, 0.05) is 44.2 Å². The maximum absolute atomic E-state index is 12.5. The van der Waals surface area contributed by atoms with Crippen molar-refractivity contribution >= 4 is 28.2 Å². The molecule has 0 atom stereocenters. The lowest BCUT2D eigenvalue weighted by Gasteiger charge is -2.34. The van der Waals surface area contributed by atoms with Crippen molar-refractivity contribution in [2.24, 2.45) is 0 Å². The Hall–Kier alpha value is -2.44. The van der Waals surface area contributed by atoms with Crippen LogP contribution >= 0.6 is 11.3 Å². The fourth-order valence-corrected chi connectivity index (χ4v) is 4.21. The van der Waals surface area contributed by atoms with Gasteiger partial charge < -0.3 is 9.32 Å². The van der Waals surface area contributed by atoms with Crippen molar-refractivity contribution in [3.8, 4) is 0 Å². The van der Waals surface area contributed by atoms with Crippen LogP contribution in [0.2, 0.25) is 0 Å². The predicted octanol–water partition coefficient (Wildman–Crippen LogP) is 3.43. The molecule has 3 aromatic rings. The summed E-state index contributed by atoms with van der Waals surface area (Å²) < 4.78 is 5.39. The summed E-state index contributed by atoms with van der Waals surface area (Å²) in [5.41, 5.74) is 3.62. The zero-order chi connectivity index (χ0) is 19.0. The molecule has 0 radical (unpaired) electrons. The Balaban J connectivity index is 1.50. The van der Waals surface area contributed by atoms with Gasteiger partial charge in [0.25, 0.3) is 5.91 Å². The molecule has 0 spiro atoms. The summed E-state index contributed by atoms with van der Waals surface area (Å²) in [6, 6.07) is 9.41.